The molecule has 1 aromatic rings. The Morgan fingerprint density at radius 1 is 1.50 bits per heavy atom. The summed E-state index contributed by atoms with van der Waals surface area (Å²) in [4.78, 5) is 9.28. The summed E-state index contributed by atoms with van der Waals surface area (Å²) in [7, 11) is 4.32. The normalized spacial score (nSPS) is 20.3. The fourth-order valence-corrected chi connectivity index (χ4v) is 2.77. The Kier molecular flexibility index (Phi) is 4.46. The van der Waals surface area contributed by atoms with Gasteiger partial charge in [0.05, 0.1) is 0 Å². The number of aryl methyl sites for hydroxylation is 1. The molecule has 1 aliphatic rings. The van der Waals surface area contributed by atoms with Crippen LogP contribution in [-0.4, -0.2) is 43.1 Å². The van der Waals surface area contributed by atoms with E-state index in [-0.39, 0.29) is 0 Å². The van der Waals surface area contributed by atoms with Gasteiger partial charge in [-0.1, -0.05) is 0 Å². The molecule has 1 fully saturated rings. The van der Waals surface area contributed by atoms with E-state index in [1.807, 2.05) is 13.0 Å². The molecule has 100 valence electrons. The van der Waals surface area contributed by atoms with E-state index in [0.29, 0.717) is 11.9 Å². The number of anilines is 1. The van der Waals surface area contributed by atoms with Crippen LogP contribution >= 0.6 is 11.6 Å². The lowest BCUT2D eigenvalue weighted by Gasteiger charge is -2.27. The maximum absolute atomic E-state index is 5.91. The number of nitrogens with zero attached hydrogens (tertiary/aromatic N) is 3. The van der Waals surface area contributed by atoms with Gasteiger partial charge in [0.2, 0.25) is 0 Å². The standard InChI is InChI=1S/C14H22ClN3/c1-11-7-12(9-15)8-14(16-11)18(3)10-13-5-4-6-17(13)2/h7-8,13H,4-6,9-10H2,1-3H3. The Morgan fingerprint density at radius 2 is 2.28 bits per heavy atom. The summed E-state index contributed by atoms with van der Waals surface area (Å²) in [6, 6.07) is 4.79. The maximum Gasteiger partial charge on any atom is 0.128 e. The molecule has 0 spiro atoms. The molecule has 2 rings (SSSR count). The van der Waals surface area contributed by atoms with E-state index in [0.717, 1.165) is 23.6 Å². The zero-order valence-electron chi connectivity index (χ0n) is 11.5. The van der Waals surface area contributed by atoms with Gasteiger partial charge in [0.15, 0.2) is 0 Å². The summed E-state index contributed by atoms with van der Waals surface area (Å²) in [6.07, 6.45) is 2.60. The molecular weight excluding hydrogens is 246 g/mol. The third-order valence-corrected chi connectivity index (χ3v) is 4.01. The number of likely N-dealkylation sites (tertiary alicyclic amines) is 1. The van der Waals surface area contributed by atoms with Gasteiger partial charge in [-0.2, -0.15) is 0 Å². The minimum Gasteiger partial charge on any atom is -0.358 e. The van der Waals surface area contributed by atoms with E-state index in [2.05, 4.69) is 34.9 Å². The SMILES string of the molecule is Cc1cc(CCl)cc(N(C)CC2CCCN2C)n1. The first-order chi connectivity index (χ1) is 8.60. The number of aromatic nitrogens is 1. The predicted octanol–water partition coefficient (Wildman–Crippen LogP) is 2.66. The highest BCUT2D eigenvalue weighted by Crippen LogP contribution is 2.20. The number of alkyl halides is 1. The number of hydrogen-bond acceptors (Lipinski definition) is 3. The molecule has 0 N–H and O–H groups in total. The van der Waals surface area contributed by atoms with Crippen molar-refractivity contribution in [3.63, 3.8) is 0 Å². The fourth-order valence-electron chi connectivity index (χ4n) is 2.61. The number of hydrogen-bond donors (Lipinski definition) is 0. The quantitative estimate of drug-likeness (QED) is 0.782. The van der Waals surface area contributed by atoms with Crippen molar-refractivity contribution in [2.75, 3.05) is 32.1 Å². The van der Waals surface area contributed by atoms with Crippen molar-refractivity contribution in [1.82, 2.24) is 9.88 Å². The summed E-state index contributed by atoms with van der Waals surface area (Å²) in [5.74, 6) is 1.58. The molecule has 1 atom stereocenters. The first-order valence-electron chi connectivity index (χ1n) is 6.55. The van der Waals surface area contributed by atoms with Crippen molar-refractivity contribution in [1.29, 1.82) is 0 Å². The van der Waals surface area contributed by atoms with Crippen LogP contribution in [0.1, 0.15) is 24.1 Å². The van der Waals surface area contributed by atoms with E-state index in [1.165, 1.54) is 19.4 Å². The van der Waals surface area contributed by atoms with Crippen molar-refractivity contribution in [3.05, 3.63) is 23.4 Å². The van der Waals surface area contributed by atoms with Crippen molar-refractivity contribution in [2.24, 2.45) is 0 Å². The summed E-state index contributed by atoms with van der Waals surface area (Å²) >= 11 is 5.91. The maximum atomic E-state index is 5.91. The monoisotopic (exact) mass is 267 g/mol. The molecule has 1 saturated heterocycles. The number of pyridine rings is 1. The van der Waals surface area contributed by atoms with Gasteiger partial charge in [0.25, 0.3) is 0 Å². The Bertz CT molecular complexity index is 408. The van der Waals surface area contributed by atoms with E-state index in [1.54, 1.807) is 0 Å². The first-order valence-corrected chi connectivity index (χ1v) is 7.08. The molecule has 0 bridgehead atoms. The molecule has 3 nitrogen and oxygen atoms in total. The summed E-state index contributed by atoms with van der Waals surface area (Å²) < 4.78 is 0. The molecule has 1 aliphatic heterocycles. The smallest absolute Gasteiger partial charge is 0.128 e. The zero-order chi connectivity index (χ0) is 13.1. The molecule has 0 aliphatic carbocycles. The summed E-state index contributed by atoms with van der Waals surface area (Å²) in [5, 5.41) is 0. The van der Waals surface area contributed by atoms with Crippen molar-refractivity contribution in [3.8, 4) is 0 Å². The number of rotatable bonds is 4. The number of likely N-dealkylation sites (N-methyl/N-ethyl adjacent to an activating group) is 2. The van der Waals surface area contributed by atoms with E-state index >= 15 is 0 Å². The van der Waals surface area contributed by atoms with E-state index in [9.17, 15) is 0 Å². The Morgan fingerprint density at radius 3 is 2.89 bits per heavy atom. The van der Waals surface area contributed by atoms with Gasteiger partial charge >= 0.3 is 0 Å². The number of halogens is 1. The lowest BCUT2D eigenvalue weighted by atomic mass is 10.2. The molecule has 1 unspecified atom stereocenters. The van der Waals surface area contributed by atoms with Crippen LogP contribution in [0.4, 0.5) is 5.82 Å². The molecule has 18 heavy (non-hydrogen) atoms. The lowest BCUT2D eigenvalue weighted by Crippen LogP contribution is -2.37. The van der Waals surface area contributed by atoms with Crippen LogP contribution in [0.15, 0.2) is 12.1 Å². The van der Waals surface area contributed by atoms with Crippen LogP contribution in [0.2, 0.25) is 0 Å². The Balaban J connectivity index is 2.08. The van der Waals surface area contributed by atoms with Crippen LogP contribution < -0.4 is 4.90 Å². The van der Waals surface area contributed by atoms with Crippen molar-refractivity contribution in [2.45, 2.75) is 31.7 Å². The fraction of sp³-hybridized carbons (Fsp3) is 0.643. The zero-order valence-corrected chi connectivity index (χ0v) is 12.2. The topological polar surface area (TPSA) is 19.4 Å². The molecule has 0 radical (unpaired) electrons. The average molecular weight is 268 g/mol. The Labute approximate surface area is 115 Å². The first kappa shape index (κ1) is 13.6. The largest absolute Gasteiger partial charge is 0.358 e. The van der Waals surface area contributed by atoms with Gasteiger partial charge in [-0.05, 0) is 51.1 Å². The highest BCUT2D eigenvalue weighted by molar-refractivity contribution is 6.17. The second-order valence-electron chi connectivity index (χ2n) is 5.27. The van der Waals surface area contributed by atoms with E-state index in [4.69, 9.17) is 11.6 Å². The molecule has 0 saturated carbocycles. The molecular formula is C14H22ClN3. The van der Waals surface area contributed by atoms with Gasteiger partial charge < -0.3 is 9.80 Å². The molecule has 0 amide bonds. The second-order valence-corrected chi connectivity index (χ2v) is 5.53. The minimum atomic E-state index is 0.549. The highest BCUT2D eigenvalue weighted by atomic mass is 35.5. The minimum absolute atomic E-state index is 0.549. The van der Waals surface area contributed by atoms with Gasteiger partial charge in [-0.15, -0.1) is 11.6 Å². The molecule has 0 aromatic carbocycles. The van der Waals surface area contributed by atoms with Crippen LogP contribution in [0, 0.1) is 6.92 Å². The predicted molar refractivity (Wildman–Crippen MR) is 77.5 cm³/mol. The van der Waals surface area contributed by atoms with Gasteiger partial charge in [-0.25, -0.2) is 4.98 Å². The van der Waals surface area contributed by atoms with Crippen LogP contribution in [0.5, 0.6) is 0 Å². The summed E-state index contributed by atoms with van der Waals surface area (Å²) in [5.41, 5.74) is 2.18. The lowest BCUT2D eigenvalue weighted by molar-refractivity contribution is 0.314. The van der Waals surface area contributed by atoms with Crippen LogP contribution in [-0.2, 0) is 5.88 Å². The van der Waals surface area contributed by atoms with Crippen LogP contribution in [0.25, 0.3) is 0 Å². The third kappa shape index (κ3) is 3.15. The average Bonchev–Trinajstić information content (AvgIpc) is 2.74. The molecule has 1 aromatic heterocycles. The van der Waals surface area contributed by atoms with Crippen molar-refractivity contribution < 1.29 is 0 Å². The third-order valence-electron chi connectivity index (χ3n) is 3.70. The van der Waals surface area contributed by atoms with Crippen LogP contribution in [0.3, 0.4) is 0 Å². The second kappa shape index (κ2) is 5.89. The van der Waals surface area contributed by atoms with Gasteiger partial charge in [0, 0.05) is 31.2 Å². The van der Waals surface area contributed by atoms with Gasteiger partial charge in [-0.3, -0.25) is 0 Å². The van der Waals surface area contributed by atoms with Crippen molar-refractivity contribution >= 4 is 17.4 Å². The highest BCUT2D eigenvalue weighted by Gasteiger charge is 2.22. The van der Waals surface area contributed by atoms with E-state index < -0.39 is 0 Å². The Hall–Kier alpha value is -0.800. The molecule has 4 heteroatoms. The molecule has 2 heterocycles. The summed E-state index contributed by atoms with van der Waals surface area (Å²) in [6.45, 7) is 4.27. The van der Waals surface area contributed by atoms with Gasteiger partial charge in [0.1, 0.15) is 5.82 Å².